The molecule has 0 amide bonds. The van der Waals surface area contributed by atoms with Gasteiger partial charge in [0.15, 0.2) is 17.5 Å². The van der Waals surface area contributed by atoms with E-state index in [1.807, 2.05) is 4.90 Å². The molecule has 4 rings (SSSR count). The third-order valence-corrected chi connectivity index (χ3v) is 7.55. The van der Waals surface area contributed by atoms with E-state index in [2.05, 4.69) is 16.8 Å². The molecule has 0 spiro atoms. The number of anilines is 1. The maximum Gasteiger partial charge on any atom is 0.309 e. The fourth-order valence-electron chi connectivity index (χ4n) is 5.13. The lowest BCUT2D eigenvalue weighted by Gasteiger charge is -2.38. The van der Waals surface area contributed by atoms with Gasteiger partial charge in [0.2, 0.25) is 0 Å². The number of methoxy groups -OCH3 is 1. The van der Waals surface area contributed by atoms with Crippen molar-refractivity contribution in [3.8, 4) is 17.6 Å². The molecular weight excluding hydrogens is 526 g/mol. The van der Waals surface area contributed by atoms with Gasteiger partial charge in [-0.1, -0.05) is 11.8 Å². The van der Waals surface area contributed by atoms with E-state index in [4.69, 9.17) is 4.74 Å². The van der Waals surface area contributed by atoms with Crippen LogP contribution in [0.15, 0.2) is 36.5 Å². The number of rotatable bonds is 8. The number of carboxylic acid groups (broad SMARTS) is 1. The highest BCUT2D eigenvalue weighted by atomic mass is 19.2. The van der Waals surface area contributed by atoms with Crippen LogP contribution in [0.4, 0.5) is 23.2 Å². The number of likely N-dealkylation sites (tertiary alicyclic amines) is 1. The summed E-state index contributed by atoms with van der Waals surface area (Å²) in [5, 5.41) is 10.8. The number of aromatic nitrogens is 1. The number of nitrogens with zero attached hydrogens (tertiary/aromatic N) is 3. The number of carboxylic acids is 1. The van der Waals surface area contributed by atoms with Crippen LogP contribution in [0.3, 0.4) is 0 Å². The molecule has 1 atom stereocenters. The molecule has 10 heteroatoms. The lowest BCUT2D eigenvalue weighted by Crippen LogP contribution is -2.44. The Morgan fingerprint density at radius 3 is 2.45 bits per heavy atom. The quantitative estimate of drug-likeness (QED) is 0.217. The first-order valence-electron chi connectivity index (χ1n) is 12.9. The Kier molecular flexibility index (Phi) is 8.84. The molecule has 2 aromatic carbocycles. The largest absolute Gasteiger partial charge is 0.497 e. The zero-order chi connectivity index (χ0) is 29.0. The minimum Gasteiger partial charge on any atom is -0.497 e. The smallest absolute Gasteiger partial charge is 0.309 e. The Balaban J connectivity index is 1.45. The van der Waals surface area contributed by atoms with Crippen molar-refractivity contribution in [1.82, 2.24) is 9.88 Å². The molecule has 3 aromatic rings. The second kappa shape index (κ2) is 12.1. The summed E-state index contributed by atoms with van der Waals surface area (Å²) < 4.78 is 61.3. The highest BCUT2D eigenvalue weighted by Crippen LogP contribution is 2.43. The van der Waals surface area contributed by atoms with Crippen molar-refractivity contribution in [2.45, 2.75) is 31.9 Å². The normalized spacial score (nSPS) is 15.8. The molecule has 1 N–H and O–H groups in total. The number of hydrogen-bond acceptors (Lipinski definition) is 5. The summed E-state index contributed by atoms with van der Waals surface area (Å²) in [7, 11) is 5.15. The molecule has 1 fully saturated rings. The Hall–Kier alpha value is -3.84. The van der Waals surface area contributed by atoms with E-state index in [9.17, 15) is 23.1 Å². The molecule has 0 saturated carbocycles. The highest BCUT2D eigenvalue weighted by molar-refractivity contribution is 5.88. The van der Waals surface area contributed by atoms with E-state index in [1.165, 1.54) is 7.11 Å². The van der Waals surface area contributed by atoms with E-state index in [-0.39, 0.29) is 24.9 Å². The van der Waals surface area contributed by atoms with Crippen molar-refractivity contribution in [3.63, 3.8) is 0 Å². The minimum absolute atomic E-state index is 0.0145. The molecule has 1 aliphatic heterocycles. The van der Waals surface area contributed by atoms with Crippen molar-refractivity contribution < 1.29 is 32.2 Å². The van der Waals surface area contributed by atoms with Gasteiger partial charge in [-0.2, -0.15) is 0 Å². The SMILES string of the molecule is COc1ccc2ncc(N(C)C)c([C@@H](F)CCC3(C(=O)O)CCN(CC#Cc4cc(F)c(F)c(F)c4)CC3)c2c1. The summed E-state index contributed by atoms with van der Waals surface area (Å²) in [5.41, 5.74) is 0.622. The summed E-state index contributed by atoms with van der Waals surface area (Å²) in [4.78, 5) is 20.6. The molecule has 40 heavy (non-hydrogen) atoms. The molecule has 6 nitrogen and oxygen atoms in total. The number of ether oxygens (including phenoxy) is 1. The standard InChI is InChI=1S/C30H31F4N3O3/c1-36(2)26-18-35-25-7-6-20(40-3)17-21(25)27(26)22(31)8-9-30(29(38)39)10-13-37(14-11-30)12-4-5-19-15-23(32)28(34)24(33)16-19/h6-7,15-18,22H,8-14H2,1-3H3,(H,38,39)/t22-/m0/s1. The van der Waals surface area contributed by atoms with E-state index in [0.29, 0.717) is 53.8 Å². The number of halogens is 4. The van der Waals surface area contributed by atoms with Crippen molar-refractivity contribution in [2.75, 3.05) is 45.7 Å². The highest BCUT2D eigenvalue weighted by Gasteiger charge is 2.41. The van der Waals surface area contributed by atoms with Gasteiger partial charge in [-0.25, -0.2) is 17.6 Å². The number of benzene rings is 2. The van der Waals surface area contributed by atoms with Gasteiger partial charge in [0.25, 0.3) is 0 Å². The maximum atomic E-state index is 16.0. The first-order valence-corrected chi connectivity index (χ1v) is 12.9. The number of alkyl halides is 1. The van der Waals surface area contributed by atoms with Gasteiger partial charge in [-0.3, -0.25) is 14.7 Å². The van der Waals surface area contributed by atoms with Crippen LogP contribution >= 0.6 is 0 Å². The van der Waals surface area contributed by atoms with Gasteiger partial charge < -0.3 is 14.7 Å². The number of fused-ring (bicyclic) bond motifs is 1. The molecular formula is C30H31F4N3O3. The summed E-state index contributed by atoms with van der Waals surface area (Å²) in [6, 6.07) is 6.93. The van der Waals surface area contributed by atoms with Crippen LogP contribution < -0.4 is 9.64 Å². The van der Waals surface area contributed by atoms with Gasteiger partial charge in [0.05, 0.1) is 36.5 Å². The molecule has 0 bridgehead atoms. The fraction of sp³-hybridized carbons (Fsp3) is 0.400. The number of pyridine rings is 1. The Labute approximate surface area is 230 Å². The first-order chi connectivity index (χ1) is 19.0. The van der Waals surface area contributed by atoms with Crippen molar-refractivity contribution in [3.05, 3.63) is 65.1 Å². The number of aliphatic carboxylic acids is 1. The summed E-state index contributed by atoms with van der Waals surface area (Å²) in [6.07, 6.45) is 0.983. The Bertz CT molecular complexity index is 1440. The third kappa shape index (κ3) is 6.15. The number of carbonyl (C=O) groups is 1. The van der Waals surface area contributed by atoms with Crippen LogP contribution in [0.25, 0.3) is 10.9 Å². The Morgan fingerprint density at radius 1 is 1.18 bits per heavy atom. The van der Waals surface area contributed by atoms with Crippen LogP contribution in [0, 0.1) is 34.7 Å². The predicted octanol–water partition coefficient (Wildman–Crippen LogP) is 5.74. The first kappa shape index (κ1) is 29.2. The van der Waals surface area contributed by atoms with Gasteiger partial charge in [-0.15, -0.1) is 0 Å². The van der Waals surface area contributed by atoms with Crippen molar-refractivity contribution >= 4 is 22.6 Å². The van der Waals surface area contributed by atoms with E-state index in [0.717, 1.165) is 12.1 Å². The van der Waals surface area contributed by atoms with Gasteiger partial charge in [-0.05, 0) is 56.0 Å². The molecule has 1 aliphatic rings. The maximum absolute atomic E-state index is 16.0. The predicted molar refractivity (Wildman–Crippen MR) is 145 cm³/mol. The average molecular weight is 558 g/mol. The van der Waals surface area contributed by atoms with Crippen LogP contribution in [0.1, 0.15) is 43.0 Å². The van der Waals surface area contributed by atoms with E-state index >= 15 is 4.39 Å². The lowest BCUT2D eigenvalue weighted by molar-refractivity contribution is -0.152. The van der Waals surface area contributed by atoms with Crippen LogP contribution in [0.2, 0.25) is 0 Å². The minimum atomic E-state index is -1.54. The average Bonchev–Trinajstić information content (AvgIpc) is 2.94. The molecule has 0 aliphatic carbocycles. The second-order valence-corrected chi connectivity index (χ2v) is 10.3. The van der Waals surface area contributed by atoms with Crippen LogP contribution in [0.5, 0.6) is 5.75 Å². The summed E-state index contributed by atoms with van der Waals surface area (Å²) in [5.74, 6) is 0.877. The second-order valence-electron chi connectivity index (χ2n) is 10.3. The monoisotopic (exact) mass is 557 g/mol. The Morgan fingerprint density at radius 2 is 1.85 bits per heavy atom. The zero-order valence-corrected chi connectivity index (χ0v) is 22.6. The summed E-state index contributed by atoms with van der Waals surface area (Å²) >= 11 is 0. The molecule has 2 heterocycles. The molecule has 212 valence electrons. The molecule has 1 aromatic heterocycles. The van der Waals surface area contributed by atoms with Crippen LogP contribution in [-0.4, -0.2) is 61.8 Å². The van der Waals surface area contributed by atoms with E-state index in [1.54, 1.807) is 43.4 Å². The van der Waals surface area contributed by atoms with E-state index < -0.39 is 35.0 Å². The number of hydrogen-bond donors (Lipinski definition) is 1. The van der Waals surface area contributed by atoms with Crippen LogP contribution in [-0.2, 0) is 4.79 Å². The summed E-state index contributed by atoms with van der Waals surface area (Å²) in [6.45, 7) is 1.09. The fourth-order valence-corrected chi connectivity index (χ4v) is 5.13. The molecule has 0 unspecified atom stereocenters. The molecule has 0 radical (unpaired) electrons. The lowest BCUT2D eigenvalue weighted by atomic mass is 9.74. The van der Waals surface area contributed by atoms with Crippen molar-refractivity contribution in [1.29, 1.82) is 0 Å². The number of piperidine rings is 1. The topological polar surface area (TPSA) is 65.9 Å². The van der Waals surface area contributed by atoms with Crippen molar-refractivity contribution in [2.24, 2.45) is 5.41 Å². The third-order valence-electron chi connectivity index (χ3n) is 7.55. The van der Waals surface area contributed by atoms with Gasteiger partial charge in [0, 0.05) is 43.7 Å². The zero-order valence-electron chi connectivity index (χ0n) is 22.6. The van der Waals surface area contributed by atoms with Gasteiger partial charge in [0.1, 0.15) is 11.9 Å². The molecule has 1 saturated heterocycles. The van der Waals surface area contributed by atoms with Gasteiger partial charge >= 0.3 is 5.97 Å².